The Kier molecular flexibility index (Phi) is 8.04. The Morgan fingerprint density at radius 2 is 1.48 bits per heavy atom. The average Bonchev–Trinajstić information content (AvgIpc) is 2.54. The molecule has 144 valence electrons. The maximum atomic E-state index is 12.5. The third-order valence-electron chi connectivity index (χ3n) is 3.64. The van der Waals surface area contributed by atoms with Crippen molar-refractivity contribution in [1.82, 2.24) is 14.7 Å². The molecule has 0 aromatic rings. The van der Waals surface area contributed by atoms with Crippen molar-refractivity contribution in [2.75, 3.05) is 34.8 Å². The van der Waals surface area contributed by atoms with Crippen LogP contribution in [0.15, 0.2) is 0 Å². The number of amides is 4. The van der Waals surface area contributed by atoms with E-state index in [9.17, 15) is 24.3 Å². The SMILES string of the molecule is CC(C)COC(=O)[C@@](C)(O)C(=O)[C@H](C)N(C)C(=O)N(C)C(=O)N(C)C. The molecule has 9 heteroatoms. The lowest BCUT2D eigenvalue weighted by molar-refractivity contribution is -0.171. The number of hydrogen-bond donors (Lipinski definition) is 1. The van der Waals surface area contributed by atoms with E-state index in [4.69, 9.17) is 4.74 Å². The normalized spacial score (nSPS) is 14.3. The van der Waals surface area contributed by atoms with Crippen molar-refractivity contribution in [3.63, 3.8) is 0 Å². The third-order valence-corrected chi connectivity index (χ3v) is 3.64. The number of Topliss-reactive ketones (excluding diaryl/α,β-unsaturated/α-hetero) is 1. The molecule has 0 unspecified atom stereocenters. The van der Waals surface area contributed by atoms with Crippen molar-refractivity contribution in [3.05, 3.63) is 0 Å². The molecule has 0 aliphatic carbocycles. The number of aliphatic hydroxyl groups is 1. The highest BCUT2D eigenvalue weighted by molar-refractivity contribution is 6.09. The van der Waals surface area contributed by atoms with Gasteiger partial charge in [0.15, 0.2) is 5.78 Å². The Labute approximate surface area is 148 Å². The molecule has 0 heterocycles. The van der Waals surface area contributed by atoms with Gasteiger partial charge in [-0.05, 0) is 19.8 Å². The van der Waals surface area contributed by atoms with Crippen LogP contribution in [0.5, 0.6) is 0 Å². The average molecular weight is 359 g/mol. The first kappa shape index (κ1) is 22.8. The van der Waals surface area contributed by atoms with Gasteiger partial charge >= 0.3 is 18.0 Å². The molecule has 0 saturated carbocycles. The lowest BCUT2D eigenvalue weighted by Crippen LogP contribution is -2.57. The minimum atomic E-state index is -2.40. The fourth-order valence-electron chi connectivity index (χ4n) is 1.85. The van der Waals surface area contributed by atoms with Crippen LogP contribution in [0, 0.1) is 5.92 Å². The fourth-order valence-corrected chi connectivity index (χ4v) is 1.85. The van der Waals surface area contributed by atoms with Gasteiger partial charge in [-0.3, -0.25) is 4.79 Å². The summed E-state index contributed by atoms with van der Waals surface area (Å²) in [6.45, 7) is 6.08. The number of ketones is 1. The van der Waals surface area contributed by atoms with Gasteiger partial charge in [0.25, 0.3) is 0 Å². The quantitative estimate of drug-likeness (QED) is 0.548. The van der Waals surface area contributed by atoms with Crippen LogP contribution >= 0.6 is 0 Å². The molecule has 0 rings (SSSR count). The Hall–Kier alpha value is -2.16. The summed E-state index contributed by atoms with van der Waals surface area (Å²) in [6, 6.07) is -2.46. The number of carbonyl (C=O) groups excluding carboxylic acids is 4. The van der Waals surface area contributed by atoms with Crippen molar-refractivity contribution < 1.29 is 29.0 Å². The standard InChI is InChI=1S/C16H29N3O6/c1-10(2)9-25-13(21)16(4,24)12(20)11(3)18(7)15(23)19(8)14(22)17(5)6/h10-11,24H,9H2,1-8H3/t11-,16-/m0/s1. The molecule has 25 heavy (non-hydrogen) atoms. The van der Waals surface area contributed by atoms with Crippen LogP contribution in [-0.2, 0) is 14.3 Å². The predicted octanol–water partition coefficient (Wildman–Crippen LogP) is 0.559. The number of carbonyl (C=O) groups is 4. The van der Waals surface area contributed by atoms with Crippen LogP contribution in [-0.4, -0.2) is 90.1 Å². The molecule has 0 spiro atoms. The summed E-state index contributed by atoms with van der Waals surface area (Å²) in [5.41, 5.74) is -2.40. The van der Waals surface area contributed by atoms with E-state index >= 15 is 0 Å². The number of hydrogen-bond acceptors (Lipinski definition) is 6. The molecule has 0 aromatic heterocycles. The van der Waals surface area contributed by atoms with Gasteiger partial charge in [-0.25, -0.2) is 19.3 Å². The van der Waals surface area contributed by atoms with E-state index < -0.39 is 35.5 Å². The maximum Gasteiger partial charge on any atom is 0.345 e. The van der Waals surface area contributed by atoms with E-state index in [2.05, 4.69) is 0 Å². The zero-order valence-corrected chi connectivity index (χ0v) is 16.2. The molecule has 2 atom stereocenters. The first-order valence-corrected chi connectivity index (χ1v) is 7.90. The second kappa shape index (κ2) is 8.80. The molecular formula is C16H29N3O6. The van der Waals surface area contributed by atoms with Crippen molar-refractivity contribution >= 4 is 23.8 Å². The van der Waals surface area contributed by atoms with Crippen molar-refractivity contribution in [3.8, 4) is 0 Å². The van der Waals surface area contributed by atoms with Crippen LogP contribution in [0.4, 0.5) is 9.59 Å². The monoisotopic (exact) mass is 359 g/mol. The second-order valence-corrected chi connectivity index (χ2v) is 6.73. The molecule has 1 N–H and O–H groups in total. The van der Waals surface area contributed by atoms with Crippen molar-refractivity contribution in [1.29, 1.82) is 0 Å². The van der Waals surface area contributed by atoms with Crippen LogP contribution in [0.1, 0.15) is 27.7 Å². The van der Waals surface area contributed by atoms with Crippen molar-refractivity contribution in [2.24, 2.45) is 5.92 Å². The number of esters is 1. The van der Waals surface area contributed by atoms with E-state index in [0.717, 1.165) is 16.7 Å². The Balaban J connectivity index is 5.15. The summed E-state index contributed by atoms with van der Waals surface area (Å²) in [6.07, 6.45) is 0. The number of ether oxygens (including phenoxy) is 1. The third kappa shape index (κ3) is 5.70. The Bertz CT molecular complexity index is 530. The van der Waals surface area contributed by atoms with Gasteiger partial charge in [-0.2, -0.15) is 0 Å². The molecule has 0 radical (unpaired) electrons. The van der Waals surface area contributed by atoms with E-state index in [1.54, 1.807) is 0 Å². The summed E-state index contributed by atoms with van der Waals surface area (Å²) in [5, 5.41) is 10.3. The van der Waals surface area contributed by atoms with Crippen LogP contribution in [0.3, 0.4) is 0 Å². The van der Waals surface area contributed by atoms with E-state index in [1.165, 1.54) is 40.0 Å². The first-order valence-electron chi connectivity index (χ1n) is 7.90. The summed E-state index contributed by atoms with van der Waals surface area (Å²) in [5.74, 6) is -1.93. The summed E-state index contributed by atoms with van der Waals surface area (Å²) in [7, 11) is 5.54. The van der Waals surface area contributed by atoms with Gasteiger partial charge in [0.05, 0.1) is 12.6 Å². The van der Waals surface area contributed by atoms with Crippen LogP contribution in [0.25, 0.3) is 0 Å². The topological polar surface area (TPSA) is 107 Å². The second-order valence-electron chi connectivity index (χ2n) is 6.73. The summed E-state index contributed by atoms with van der Waals surface area (Å²) >= 11 is 0. The van der Waals surface area contributed by atoms with Gasteiger partial charge in [0.2, 0.25) is 5.60 Å². The highest BCUT2D eigenvalue weighted by atomic mass is 16.6. The number of urea groups is 2. The number of nitrogens with zero attached hydrogens (tertiary/aromatic N) is 3. The first-order chi connectivity index (χ1) is 11.2. The molecule has 9 nitrogen and oxygen atoms in total. The smallest absolute Gasteiger partial charge is 0.345 e. The van der Waals surface area contributed by atoms with Gasteiger partial charge in [0.1, 0.15) is 0 Å². The van der Waals surface area contributed by atoms with Gasteiger partial charge in [0, 0.05) is 28.2 Å². The Morgan fingerprint density at radius 1 is 1.00 bits per heavy atom. The predicted molar refractivity (Wildman–Crippen MR) is 90.9 cm³/mol. The zero-order valence-electron chi connectivity index (χ0n) is 16.2. The van der Waals surface area contributed by atoms with Crippen LogP contribution < -0.4 is 0 Å². The molecule has 4 amide bonds. The number of likely N-dealkylation sites (N-methyl/N-ethyl adjacent to an activating group) is 1. The van der Waals surface area contributed by atoms with Gasteiger partial charge < -0.3 is 19.6 Å². The lowest BCUT2D eigenvalue weighted by atomic mass is 9.95. The van der Waals surface area contributed by atoms with E-state index in [0.29, 0.717) is 0 Å². The minimum absolute atomic E-state index is 0.0437. The molecule has 0 fully saturated rings. The Morgan fingerprint density at radius 3 is 1.88 bits per heavy atom. The molecule has 0 bridgehead atoms. The largest absolute Gasteiger partial charge is 0.463 e. The highest BCUT2D eigenvalue weighted by Crippen LogP contribution is 2.15. The van der Waals surface area contributed by atoms with E-state index in [-0.39, 0.29) is 12.5 Å². The summed E-state index contributed by atoms with van der Waals surface area (Å²) in [4.78, 5) is 51.6. The van der Waals surface area contributed by atoms with Crippen LogP contribution in [0.2, 0.25) is 0 Å². The molecule has 0 saturated heterocycles. The maximum absolute atomic E-state index is 12.5. The molecule has 0 aromatic carbocycles. The fraction of sp³-hybridized carbons (Fsp3) is 0.750. The zero-order chi connectivity index (χ0) is 20.1. The lowest BCUT2D eigenvalue weighted by Gasteiger charge is -2.32. The highest BCUT2D eigenvalue weighted by Gasteiger charge is 2.45. The minimum Gasteiger partial charge on any atom is -0.463 e. The summed E-state index contributed by atoms with van der Waals surface area (Å²) < 4.78 is 4.91. The van der Waals surface area contributed by atoms with Crippen molar-refractivity contribution in [2.45, 2.75) is 39.3 Å². The molecule has 0 aliphatic heterocycles. The van der Waals surface area contributed by atoms with Gasteiger partial charge in [-0.1, -0.05) is 13.8 Å². The van der Waals surface area contributed by atoms with Gasteiger partial charge in [-0.15, -0.1) is 0 Å². The molecule has 0 aliphatic rings. The number of imide groups is 1. The molecular weight excluding hydrogens is 330 g/mol. The van der Waals surface area contributed by atoms with E-state index in [1.807, 2.05) is 13.8 Å². The number of rotatable bonds is 6.